The molecule has 8 heteroatoms. The fourth-order valence-electron chi connectivity index (χ4n) is 3.21. The molecule has 21 heavy (non-hydrogen) atoms. The molecule has 2 aliphatic rings. The summed E-state index contributed by atoms with van der Waals surface area (Å²) in [7, 11) is -3.33. The Hall–Kier alpha value is -1.57. The van der Waals surface area contributed by atoms with Crippen LogP contribution in [0.3, 0.4) is 0 Å². The minimum absolute atomic E-state index is 0.105. The molecule has 1 unspecified atom stereocenters. The zero-order valence-electron chi connectivity index (χ0n) is 11.7. The second-order valence-corrected chi connectivity index (χ2v) is 7.77. The monoisotopic (exact) mass is 317 g/mol. The van der Waals surface area contributed by atoms with Gasteiger partial charge in [-0.05, 0) is 12.8 Å². The molecule has 0 bridgehead atoms. The molecule has 7 nitrogen and oxygen atoms in total. The molecule has 118 valence electrons. The Balaban J connectivity index is 2.06. The summed E-state index contributed by atoms with van der Waals surface area (Å²) in [5, 5.41) is 9.27. The van der Waals surface area contributed by atoms with Gasteiger partial charge in [0, 0.05) is 18.5 Å². The van der Waals surface area contributed by atoms with Crippen LogP contribution < -0.4 is 0 Å². The standard InChI is InChI=1S/C13H19NO6S/c1-2-7-20-12(17)14-5-3-13(4-6-14)9-21(18,19)8-10(13)11(15)16/h2,10H,1,3-9H2,(H,15,16). The smallest absolute Gasteiger partial charge is 0.410 e. The molecule has 1 atom stereocenters. The Morgan fingerprint density at radius 3 is 2.52 bits per heavy atom. The third-order valence-electron chi connectivity index (χ3n) is 4.31. The van der Waals surface area contributed by atoms with Crippen LogP contribution >= 0.6 is 0 Å². The van der Waals surface area contributed by atoms with Crippen molar-refractivity contribution >= 4 is 21.9 Å². The van der Waals surface area contributed by atoms with E-state index in [2.05, 4.69) is 6.58 Å². The minimum Gasteiger partial charge on any atom is -0.481 e. The summed E-state index contributed by atoms with van der Waals surface area (Å²) in [4.78, 5) is 24.5. The van der Waals surface area contributed by atoms with E-state index >= 15 is 0 Å². The van der Waals surface area contributed by atoms with E-state index in [1.54, 1.807) is 0 Å². The number of ether oxygens (including phenoxy) is 1. The predicted molar refractivity (Wildman–Crippen MR) is 74.6 cm³/mol. The van der Waals surface area contributed by atoms with Gasteiger partial charge in [0.1, 0.15) is 6.61 Å². The molecule has 2 heterocycles. The van der Waals surface area contributed by atoms with Crippen molar-refractivity contribution in [2.75, 3.05) is 31.2 Å². The fraction of sp³-hybridized carbons (Fsp3) is 0.692. The molecule has 1 N–H and O–H groups in total. The maximum atomic E-state index is 11.8. The van der Waals surface area contributed by atoms with Crippen LogP contribution in [0.5, 0.6) is 0 Å². The van der Waals surface area contributed by atoms with Crippen LogP contribution in [0, 0.1) is 11.3 Å². The van der Waals surface area contributed by atoms with Gasteiger partial charge in [-0.2, -0.15) is 0 Å². The lowest BCUT2D eigenvalue weighted by Gasteiger charge is -2.40. The first-order valence-electron chi connectivity index (χ1n) is 6.75. The van der Waals surface area contributed by atoms with Gasteiger partial charge >= 0.3 is 12.1 Å². The van der Waals surface area contributed by atoms with Gasteiger partial charge in [0.15, 0.2) is 9.84 Å². The lowest BCUT2D eigenvalue weighted by atomic mass is 9.71. The van der Waals surface area contributed by atoms with Gasteiger partial charge in [0.05, 0.1) is 17.4 Å². The van der Waals surface area contributed by atoms with Gasteiger partial charge in [0.25, 0.3) is 0 Å². The molecular formula is C13H19NO6S. The maximum absolute atomic E-state index is 11.8. The molecule has 0 saturated carbocycles. The topological polar surface area (TPSA) is 101 Å². The van der Waals surface area contributed by atoms with Crippen molar-refractivity contribution < 1.29 is 27.9 Å². The molecule has 2 rings (SSSR count). The highest BCUT2D eigenvalue weighted by molar-refractivity contribution is 7.91. The molecule has 2 fully saturated rings. The second kappa shape index (κ2) is 5.67. The number of nitrogens with zero attached hydrogens (tertiary/aromatic N) is 1. The van der Waals surface area contributed by atoms with Gasteiger partial charge in [-0.25, -0.2) is 13.2 Å². The average molecular weight is 317 g/mol. The zero-order valence-corrected chi connectivity index (χ0v) is 12.5. The predicted octanol–water partition coefficient (Wildman–Crippen LogP) is 0.520. The Morgan fingerprint density at radius 1 is 1.38 bits per heavy atom. The normalized spacial score (nSPS) is 26.5. The molecule has 0 aromatic rings. The van der Waals surface area contributed by atoms with Gasteiger partial charge in [-0.3, -0.25) is 4.79 Å². The number of likely N-dealkylation sites (tertiary alicyclic amines) is 1. The van der Waals surface area contributed by atoms with E-state index in [4.69, 9.17) is 4.74 Å². The number of hydrogen-bond acceptors (Lipinski definition) is 5. The number of carboxylic acid groups (broad SMARTS) is 1. The van der Waals surface area contributed by atoms with Crippen molar-refractivity contribution in [2.24, 2.45) is 11.3 Å². The highest BCUT2D eigenvalue weighted by Crippen LogP contribution is 2.46. The van der Waals surface area contributed by atoms with Crippen molar-refractivity contribution in [3.63, 3.8) is 0 Å². The van der Waals surface area contributed by atoms with Crippen LogP contribution in [0.2, 0.25) is 0 Å². The second-order valence-electron chi connectivity index (χ2n) is 5.66. The van der Waals surface area contributed by atoms with Crippen LogP contribution in [0.15, 0.2) is 12.7 Å². The fourth-order valence-corrected chi connectivity index (χ4v) is 5.70. The van der Waals surface area contributed by atoms with Gasteiger partial charge < -0.3 is 14.7 Å². The third kappa shape index (κ3) is 3.20. The maximum Gasteiger partial charge on any atom is 0.410 e. The molecule has 0 aromatic heterocycles. The first-order valence-corrected chi connectivity index (χ1v) is 8.58. The molecule has 0 aliphatic carbocycles. The van der Waals surface area contributed by atoms with Crippen molar-refractivity contribution in [3.05, 3.63) is 12.7 Å². The molecule has 2 saturated heterocycles. The van der Waals surface area contributed by atoms with E-state index in [0.717, 1.165) is 0 Å². The number of hydrogen-bond donors (Lipinski definition) is 1. The van der Waals surface area contributed by atoms with E-state index in [-0.39, 0.29) is 18.1 Å². The number of amides is 1. The minimum atomic E-state index is -3.33. The van der Waals surface area contributed by atoms with E-state index in [9.17, 15) is 23.1 Å². The van der Waals surface area contributed by atoms with Crippen molar-refractivity contribution in [2.45, 2.75) is 12.8 Å². The number of aliphatic carboxylic acids is 1. The highest BCUT2D eigenvalue weighted by atomic mass is 32.2. The van der Waals surface area contributed by atoms with Crippen LogP contribution in [-0.4, -0.2) is 61.7 Å². The van der Waals surface area contributed by atoms with Crippen molar-refractivity contribution in [1.82, 2.24) is 4.90 Å². The molecule has 1 amide bonds. The van der Waals surface area contributed by atoms with Crippen molar-refractivity contribution in [1.29, 1.82) is 0 Å². The first kappa shape index (κ1) is 15.8. The van der Waals surface area contributed by atoms with Gasteiger partial charge in [0.2, 0.25) is 0 Å². The molecule has 0 aromatic carbocycles. The summed E-state index contributed by atoms with van der Waals surface area (Å²) in [6, 6.07) is 0. The molecule has 0 radical (unpaired) electrons. The Kier molecular flexibility index (Phi) is 4.27. The SMILES string of the molecule is C=CCOC(=O)N1CCC2(CC1)CS(=O)(=O)CC2C(=O)O. The Labute approximate surface area is 123 Å². The Morgan fingerprint density at radius 2 is 2.00 bits per heavy atom. The zero-order chi connectivity index (χ0) is 15.7. The van der Waals surface area contributed by atoms with E-state index in [0.29, 0.717) is 25.9 Å². The molecular weight excluding hydrogens is 298 g/mol. The number of carbonyl (C=O) groups excluding carboxylic acids is 1. The average Bonchev–Trinajstić information content (AvgIpc) is 2.68. The third-order valence-corrected chi connectivity index (χ3v) is 6.16. The molecule has 1 spiro atoms. The van der Waals surface area contributed by atoms with Crippen LogP contribution in [0.25, 0.3) is 0 Å². The van der Waals surface area contributed by atoms with E-state index in [1.165, 1.54) is 11.0 Å². The summed E-state index contributed by atoms with van der Waals surface area (Å²) in [6.45, 7) is 4.20. The largest absolute Gasteiger partial charge is 0.481 e. The Bertz CT molecular complexity index is 547. The summed E-state index contributed by atoms with van der Waals surface area (Å²) < 4.78 is 28.5. The van der Waals surface area contributed by atoms with E-state index in [1.807, 2.05) is 0 Å². The summed E-state index contributed by atoms with van der Waals surface area (Å²) >= 11 is 0. The van der Waals surface area contributed by atoms with Crippen molar-refractivity contribution in [3.8, 4) is 0 Å². The lowest BCUT2D eigenvalue weighted by Crippen LogP contribution is -2.47. The van der Waals surface area contributed by atoms with E-state index < -0.39 is 33.2 Å². The number of rotatable bonds is 3. The number of carbonyl (C=O) groups is 2. The summed E-state index contributed by atoms with van der Waals surface area (Å²) in [6.07, 6.45) is 1.73. The molecule has 2 aliphatic heterocycles. The van der Waals surface area contributed by atoms with Crippen LogP contribution in [0.4, 0.5) is 4.79 Å². The lowest BCUT2D eigenvalue weighted by molar-refractivity contribution is -0.145. The first-order chi connectivity index (χ1) is 9.80. The quantitative estimate of drug-likeness (QED) is 0.762. The van der Waals surface area contributed by atoms with Crippen LogP contribution in [-0.2, 0) is 19.4 Å². The number of piperidine rings is 1. The summed E-state index contributed by atoms with van der Waals surface area (Å²) in [5.74, 6) is -2.36. The van der Waals surface area contributed by atoms with Crippen LogP contribution in [0.1, 0.15) is 12.8 Å². The van der Waals surface area contributed by atoms with Gasteiger partial charge in [-0.1, -0.05) is 12.7 Å². The number of sulfone groups is 1. The summed E-state index contributed by atoms with van der Waals surface area (Å²) in [5.41, 5.74) is -0.750. The number of carboxylic acids is 1. The van der Waals surface area contributed by atoms with Gasteiger partial charge in [-0.15, -0.1) is 0 Å². The highest BCUT2D eigenvalue weighted by Gasteiger charge is 2.54.